The SMILES string of the molecule is CNC(CC(C)C(=O)O)c1ccc2c(c1)CC(=O)N2. The fraction of sp³-hybridized carbons (Fsp3) is 0.429. The van der Waals surface area contributed by atoms with Gasteiger partial charge in [-0.25, -0.2) is 0 Å². The van der Waals surface area contributed by atoms with E-state index < -0.39 is 11.9 Å². The van der Waals surface area contributed by atoms with Crippen LogP contribution in [-0.4, -0.2) is 24.0 Å². The molecule has 2 atom stereocenters. The van der Waals surface area contributed by atoms with Crippen LogP contribution >= 0.6 is 0 Å². The Kier molecular flexibility index (Phi) is 3.85. The number of amides is 1. The van der Waals surface area contributed by atoms with E-state index in [1.165, 1.54) is 0 Å². The minimum absolute atomic E-state index is 0.00654. The number of hydrogen-bond acceptors (Lipinski definition) is 3. The standard InChI is InChI=1S/C14H18N2O3/c1-8(14(18)19)5-12(15-2)9-3-4-11-10(6-9)7-13(17)16-11/h3-4,6,8,12,15H,5,7H2,1-2H3,(H,16,17)(H,18,19). The number of carbonyl (C=O) groups excluding carboxylic acids is 1. The number of carboxylic acid groups (broad SMARTS) is 1. The van der Waals surface area contributed by atoms with Crippen molar-refractivity contribution in [3.8, 4) is 0 Å². The van der Waals surface area contributed by atoms with Crippen molar-refractivity contribution in [2.24, 2.45) is 5.92 Å². The van der Waals surface area contributed by atoms with E-state index in [1.807, 2.05) is 25.2 Å². The summed E-state index contributed by atoms with van der Waals surface area (Å²) in [5.74, 6) is -1.20. The second-order valence-corrected chi connectivity index (χ2v) is 4.96. The second-order valence-electron chi connectivity index (χ2n) is 4.96. The van der Waals surface area contributed by atoms with Crippen LogP contribution in [-0.2, 0) is 16.0 Å². The maximum atomic E-state index is 11.3. The molecule has 0 fully saturated rings. The topological polar surface area (TPSA) is 78.4 Å². The molecule has 0 spiro atoms. The smallest absolute Gasteiger partial charge is 0.306 e. The van der Waals surface area contributed by atoms with Gasteiger partial charge in [-0.05, 0) is 30.7 Å². The summed E-state index contributed by atoms with van der Waals surface area (Å²) in [6, 6.07) is 5.76. The van der Waals surface area contributed by atoms with Gasteiger partial charge in [0.1, 0.15) is 0 Å². The third-order valence-corrected chi connectivity index (χ3v) is 3.52. The molecule has 1 aromatic carbocycles. The van der Waals surface area contributed by atoms with Crippen molar-refractivity contribution in [3.63, 3.8) is 0 Å². The molecule has 102 valence electrons. The molecule has 1 aliphatic rings. The molecule has 2 unspecified atom stereocenters. The van der Waals surface area contributed by atoms with Crippen LogP contribution in [0.25, 0.3) is 0 Å². The van der Waals surface area contributed by atoms with Crippen molar-refractivity contribution in [3.05, 3.63) is 29.3 Å². The lowest BCUT2D eigenvalue weighted by Gasteiger charge is -2.19. The van der Waals surface area contributed by atoms with Gasteiger partial charge in [0.2, 0.25) is 5.91 Å². The first-order valence-electron chi connectivity index (χ1n) is 6.34. The zero-order valence-electron chi connectivity index (χ0n) is 11.1. The van der Waals surface area contributed by atoms with Gasteiger partial charge in [-0.15, -0.1) is 0 Å². The number of fused-ring (bicyclic) bond motifs is 1. The summed E-state index contributed by atoms with van der Waals surface area (Å²) in [7, 11) is 1.82. The van der Waals surface area contributed by atoms with Crippen molar-refractivity contribution in [1.29, 1.82) is 0 Å². The van der Waals surface area contributed by atoms with Crippen LogP contribution in [0.5, 0.6) is 0 Å². The van der Waals surface area contributed by atoms with Gasteiger partial charge in [0.15, 0.2) is 0 Å². The van der Waals surface area contributed by atoms with Crippen LogP contribution in [0.1, 0.15) is 30.5 Å². The lowest BCUT2D eigenvalue weighted by molar-refractivity contribution is -0.141. The molecule has 0 radical (unpaired) electrons. The first-order valence-corrected chi connectivity index (χ1v) is 6.34. The van der Waals surface area contributed by atoms with Crippen molar-refractivity contribution in [2.75, 3.05) is 12.4 Å². The second kappa shape index (κ2) is 5.40. The van der Waals surface area contributed by atoms with E-state index in [0.29, 0.717) is 12.8 Å². The highest BCUT2D eigenvalue weighted by atomic mass is 16.4. The Morgan fingerprint density at radius 3 is 2.89 bits per heavy atom. The monoisotopic (exact) mass is 262 g/mol. The van der Waals surface area contributed by atoms with Crippen LogP contribution in [0, 0.1) is 5.92 Å². The summed E-state index contributed by atoms with van der Waals surface area (Å²) in [6.07, 6.45) is 0.917. The number of rotatable bonds is 5. The van der Waals surface area contributed by atoms with Crippen molar-refractivity contribution in [1.82, 2.24) is 5.32 Å². The molecule has 0 aliphatic carbocycles. The number of benzene rings is 1. The zero-order chi connectivity index (χ0) is 14.0. The van der Waals surface area contributed by atoms with Gasteiger partial charge in [-0.3, -0.25) is 9.59 Å². The van der Waals surface area contributed by atoms with Crippen molar-refractivity contribution in [2.45, 2.75) is 25.8 Å². The lowest BCUT2D eigenvalue weighted by Crippen LogP contribution is -2.22. The summed E-state index contributed by atoms with van der Waals surface area (Å²) in [4.78, 5) is 22.2. The molecule has 0 aromatic heterocycles. The Bertz CT molecular complexity index is 513. The van der Waals surface area contributed by atoms with Crippen LogP contribution < -0.4 is 10.6 Å². The summed E-state index contributed by atoms with van der Waals surface area (Å²) < 4.78 is 0. The molecule has 0 saturated carbocycles. The van der Waals surface area contributed by atoms with Crippen LogP contribution in [0.4, 0.5) is 5.69 Å². The molecular weight excluding hydrogens is 244 g/mol. The quantitative estimate of drug-likeness (QED) is 0.752. The molecule has 1 heterocycles. The van der Waals surface area contributed by atoms with Crippen LogP contribution in [0.15, 0.2) is 18.2 Å². The number of carbonyl (C=O) groups is 2. The van der Waals surface area contributed by atoms with E-state index in [1.54, 1.807) is 6.92 Å². The maximum Gasteiger partial charge on any atom is 0.306 e. The molecule has 0 bridgehead atoms. The summed E-state index contributed by atoms with van der Waals surface area (Å²) in [6.45, 7) is 1.70. The number of carboxylic acids is 1. The minimum atomic E-state index is -0.793. The third-order valence-electron chi connectivity index (χ3n) is 3.52. The average Bonchev–Trinajstić information content (AvgIpc) is 2.74. The number of aliphatic carboxylic acids is 1. The molecule has 5 heteroatoms. The fourth-order valence-corrected chi connectivity index (χ4v) is 2.34. The number of anilines is 1. The van der Waals surface area contributed by atoms with Gasteiger partial charge in [0, 0.05) is 11.7 Å². The predicted molar refractivity (Wildman–Crippen MR) is 72.0 cm³/mol. The van der Waals surface area contributed by atoms with E-state index >= 15 is 0 Å². The van der Waals surface area contributed by atoms with E-state index in [0.717, 1.165) is 16.8 Å². The highest BCUT2D eigenvalue weighted by molar-refractivity contribution is 5.99. The van der Waals surface area contributed by atoms with E-state index in [4.69, 9.17) is 5.11 Å². The highest BCUT2D eigenvalue weighted by Crippen LogP contribution is 2.28. The Balaban J connectivity index is 2.18. The van der Waals surface area contributed by atoms with E-state index in [2.05, 4.69) is 10.6 Å². The fourth-order valence-electron chi connectivity index (χ4n) is 2.34. The first kappa shape index (κ1) is 13.5. The molecule has 1 aliphatic heterocycles. The van der Waals surface area contributed by atoms with Gasteiger partial charge in [0.05, 0.1) is 12.3 Å². The van der Waals surface area contributed by atoms with Gasteiger partial charge in [-0.2, -0.15) is 0 Å². The first-order chi connectivity index (χ1) is 9.01. The minimum Gasteiger partial charge on any atom is -0.481 e. The molecule has 0 saturated heterocycles. The Morgan fingerprint density at radius 1 is 1.53 bits per heavy atom. The van der Waals surface area contributed by atoms with Gasteiger partial charge < -0.3 is 15.7 Å². The maximum absolute atomic E-state index is 11.3. The highest BCUT2D eigenvalue weighted by Gasteiger charge is 2.22. The Hall–Kier alpha value is -1.88. The predicted octanol–water partition coefficient (Wildman–Crippen LogP) is 1.55. The Morgan fingerprint density at radius 2 is 2.26 bits per heavy atom. The molecule has 3 N–H and O–H groups in total. The largest absolute Gasteiger partial charge is 0.481 e. The third kappa shape index (κ3) is 2.93. The number of nitrogens with one attached hydrogen (secondary N) is 2. The molecule has 1 aromatic rings. The number of hydrogen-bond donors (Lipinski definition) is 3. The van der Waals surface area contributed by atoms with Crippen molar-refractivity contribution < 1.29 is 14.7 Å². The summed E-state index contributed by atoms with van der Waals surface area (Å²) in [5, 5.41) is 14.9. The lowest BCUT2D eigenvalue weighted by atomic mass is 9.94. The van der Waals surface area contributed by atoms with Gasteiger partial charge in [0.25, 0.3) is 0 Å². The van der Waals surface area contributed by atoms with Gasteiger partial charge in [-0.1, -0.05) is 19.1 Å². The molecule has 2 rings (SSSR count). The van der Waals surface area contributed by atoms with E-state index in [-0.39, 0.29) is 11.9 Å². The van der Waals surface area contributed by atoms with Crippen LogP contribution in [0.3, 0.4) is 0 Å². The Labute approximate surface area is 112 Å². The van der Waals surface area contributed by atoms with Gasteiger partial charge >= 0.3 is 5.97 Å². The van der Waals surface area contributed by atoms with Crippen LogP contribution in [0.2, 0.25) is 0 Å². The zero-order valence-corrected chi connectivity index (χ0v) is 11.1. The summed E-state index contributed by atoms with van der Waals surface area (Å²) in [5.41, 5.74) is 2.85. The molecule has 1 amide bonds. The molecular formula is C14H18N2O3. The molecule has 5 nitrogen and oxygen atoms in total. The molecule has 19 heavy (non-hydrogen) atoms. The van der Waals surface area contributed by atoms with Crippen molar-refractivity contribution >= 4 is 17.6 Å². The average molecular weight is 262 g/mol. The summed E-state index contributed by atoms with van der Waals surface area (Å²) >= 11 is 0. The normalized spacial score (nSPS) is 16.6. The van der Waals surface area contributed by atoms with E-state index in [9.17, 15) is 9.59 Å².